The van der Waals surface area contributed by atoms with Crippen molar-refractivity contribution < 1.29 is 33.0 Å². The van der Waals surface area contributed by atoms with Gasteiger partial charge in [-0.2, -0.15) is 0 Å². The first-order chi connectivity index (χ1) is 17.8. The quantitative estimate of drug-likeness (QED) is 0.277. The number of hydrogen-bond acceptors (Lipinski definition) is 9. The number of carbonyl (C=O) groups is 2. The zero-order valence-corrected chi connectivity index (χ0v) is 21.0. The molecule has 1 aliphatic rings. The normalized spacial score (nSPS) is 13.8. The molecule has 192 valence electrons. The lowest BCUT2D eigenvalue weighted by Gasteiger charge is -2.31. The van der Waals surface area contributed by atoms with Gasteiger partial charge in [0.25, 0.3) is 0 Å². The van der Waals surface area contributed by atoms with E-state index in [2.05, 4.69) is 5.32 Å². The third-order valence-electron chi connectivity index (χ3n) is 6.01. The second-order valence-electron chi connectivity index (χ2n) is 8.31. The van der Waals surface area contributed by atoms with Crippen LogP contribution in [0.25, 0.3) is 11.0 Å². The Morgan fingerprint density at radius 1 is 0.865 bits per heavy atom. The van der Waals surface area contributed by atoms with E-state index in [9.17, 15) is 14.4 Å². The van der Waals surface area contributed by atoms with Gasteiger partial charge in [0.2, 0.25) is 0 Å². The molecular formula is C28H27NO8. The van der Waals surface area contributed by atoms with Gasteiger partial charge in [0.1, 0.15) is 30.3 Å². The van der Waals surface area contributed by atoms with Gasteiger partial charge in [-0.1, -0.05) is 18.2 Å². The monoisotopic (exact) mass is 505 g/mol. The molecule has 4 rings (SSSR count). The maximum atomic E-state index is 12.8. The van der Waals surface area contributed by atoms with Crippen LogP contribution in [0.4, 0.5) is 0 Å². The fraction of sp³-hybridized carbons (Fsp3) is 0.250. The van der Waals surface area contributed by atoms with Gasteiger partial charge in [-0.15, -0.1) is 0 Å². The zero-order valence-electron chi connectivity index (χ0n) is 21.0. The minimum Gasteiger partial charge on any atom is -0.490 e. The van der Waals surface area contributed by atoms with Crippen molar-refractivity contribution in [3.8, 4) is 11.5 Å². The van der Waals surface area contributed by atoms with Crippen molar-refractivity contribution in [1.82, 2.24) is 5.32 Å². The highest BCUT2D eigenvalue weighted by Crippen LogP contribution is 2.42. The molecule has 0 saturated heterocycles. The first kappa shape index (κ1) is 25.6. The molecule has 0 spiro atoms. The Balaban J connectivity index is 1.57. The highest BCUT2D eigenvalue weighted by atomic mass is 16.5. The van der Waals surface area contributed by atoms with Crippen molar-refractivity contribution in [2.75, 3.05) is 27.4 Å². The number of allylic oxidation sites excluding steroid dienone is 2. The second kappa shape index (κ2) is 11.0. The van der Waals surface area contributed by atoms with E-state index in [1.165, 1.54) is 20.3 Å². The van der Waals surface area contributed by atoms with Crippen LogP contribution >= 0.6 is 0 Å². The molecule has 0 atom stereocenters. The second-order valence-corrected chi connectivity index (χ2v) is 8.31. The van der Waals surface area contributed by atoms with Crippen LogP contribution in [-0.2, 0) is 19.1 Å². The molecule has 1 aromatic heterocycles. The molecule has 2 heterocycles. The minimum absolute atomic E-state index is 0.172. The molecular weight excluding hydrogens is 478 g/mol. The van der Waals surface area contributed by atoms with Crippen molar-refractivity contribution in [3.05, 3.63) is 93.1 Å². The molecule has 0 unspecified atom stereocenters. The lowest BCUT2D eigenvalue weighted by atomic mass is 9.80. The van der Waals surface area contributed by atoms with Crippen molar-refractivity contribution in [2.24, 2.45) is 0 Å². The lowest BCUT2D eigenvalue weighted by Crippen LogP contribution is -2.32. The van der Waals surface area contributed by atoms with E-state index >= 15 is 0 Å². The largest absolute Gasteiger partial charge is 0.490 e. The highest BCUT2D eigenvalue weighted by molar-refractivity contribution is 6.00. The molecule has 9 nitrogen and oxygen atoms in total. The fourth-order valence-electron chi connectivity index (χ4n) is 4.36. The number of rotatable bonds is 8. The summed E-state index contributed by atoms with van der Waals surface area (Å²) in [6, 6.07) is 15.4. The van der Waals surface area contributed by atoms with Crippen molar-refractivity contribution >= 4 is 22.9 Å². The van der Waals surface area contributed by atoms with Crippen LogP contribution in [0.2, 0.25) is 0 Å². The average Bonchev–Trinajstić information content (AvgIpc) is 2.90. The predicted octanol–water partition coefficient (Wildman–Crippen LogP) is 3.83. The van der Waals surface area contributed by atoms with Crippen LogP contribution < -0.4 is 20.4 Å². The van der Waals surface area contributed by atoms with Gasteiger partial charge < -0.3 is 28.7 Å². The Morgan fingerprint density at radius 2 is 1.49 bits per heavy atom. The molecule has 0 amide bonds. The summed E-state index contributed by atoms with van der Waals surface area (Å²) in [5.74, 6) is -0.891. The molecule has 2 aromatic carbocycles. The standard InChI is InChI=1S/C28H27NO8/c1-16-24(27(31)33-3)26(25(17(2)29-16)28(32)34-4)20-7-5-6-8-21(20)36-14-13-35-19-11-9-18-10-12-23(30)37-22(18)15-19/h5-12,15,26,29H,13-14H2,1-4H3. The molecule has 1 aliphatic heterocycles. The summed E-state index contributed by atoms with van der Waals surface area (Å²) in [5, 5.41) is 3.87. The Labute approximate surface area is 213 Å². The summed E-state index contributed by atoms with van der Waals surface area (Å²) in [7, 11) is 2.58. The highest BCUT2D eigenvalue weighted by Gasteiger charge is 2.38. The number of benzene rings is 2. The molecule has 1 N–H and O–H groups in total. The number of carbonyl (C=O) groups excluding carboxylic acids is 2. The van der Waals surface area contributed by atoms with E-state index in [4.69, 9.17) is 23.4 Å². The van der Waals surface area contributed by atoms with Gasteiger partial charge in [-0.25, -0.2) is 14.4 Å². The number of methoxy groups -OCH3 is 2. The van der Waals surface area contributed by atoms with Gasteiger partial charge in [-0.3, -0.25) is 0 Å². The fourth-order valence-corrected chi connectivity index (χ4v) is 4.36. The molecule has 0 saturated carbocycles. The summed E-state index contributed by atoms with van der Waals surface area (Å²) in [6.45, 7) is 3.87. The summed E-state index contributed by atoms with van der Waals surface area (Å²) in [6.07, 6.45) is 0. The molecule has 0 aliphatic carbocycles. The molecule has 3 aromatic rings. The molecule has 0 bridgehead atoms. The van der Waals surface area contributed by atoms with Crippen LogP contribution in [-0.4, -0.2) is 39.4 Å². The Hall–Kier alpha value is -4.53. The summed E-state index contributed by atoms with van der Waals surface area (Å²) < 4.78 is 27.1. The van der Waals surface area contributed by atoms with Gasteiger partial charge in [-0.05, 0) is 38.1 Å². The zero-order chi connectivity index (χ0) is 26.5. The third kappa shape index (κ3) is 5.35. The van der Waals surface area contributed by atoms with Crippen molar-refractivity contribution in [2.45, 2.75) is 19.8 Å². The number of dihydropyridines is 1. The third-order valence-corrected chi connectivity index (χ3v) is 6.01. The average molecular weight is 506 g/mol. The van der Waals surface area contributed by atoms with E-state index in [0.29, 0.717) is 45.2 Å². The van der Waals surface area contributed by atoms with E-state index < -0.39 is 23.5 Å². The van der Waals surface area contributed by atoms with E-state index in [1.807, 2.05) is 0 Å². The summed E-state index contributed by atoms with van der Waals surface area (Å²) in [5.41, 5.74) is 2.32. The van der Waals surface area contributed by atoms with Crippen LogP contribution in [0.5, 0.6) is 11.5 Å². The van der Waals surface area contributed by atoms with Crippen LogP contribution in [0, 0.1) is 0 Å². The van der Waals surface area contributed by atoms with E-state index in [1.54, 1.807) is 62.4 Å². The number of fused-ring (bicyclic) bond motifs is 1. The molecule has 9 heteroatoms. The smallest absolute Gasteiger partial charge is 0.336 e. The van der Waals surface area contributed by atoms with Crippen molar-refractivity contribution in [1.29, 1.82) is 0 Å². The number of ether oxygens (including phenoxy) is 4. The number of esters is 2. The van der Waals surface area contributed by atoms with Crippen LogP contribution in [0.1, 0.15) is 25.3 Å². The number of hydrogen-bond donors (Lipinski definition) is 1. The molecule has 0 fully saturated rings. The SMILES string of the molecule is COC(=O)C1=C(C)NC(C)=C(C(=O)OC)C1c1ccccc1OCCOc1ccc2ccc(=O)oc2c1. The van der Waals surface area contributed by atoms with Gasteiger partial charge >= 0.3 is 17.6 Å². The van der Waals surface area contributed by atoms with Gasteiger partial charge in [0.15, 0.2) is 0 Å². The van der Waals surface area contributed by atoms with Crippen LogP contribution in [0.3, 0.4) is 0 Å². The Kier molecular flexibility index (Phi) is 7.62. The first-order valence-electron chi connectivity index (χ1n) is 11.6. The van der Waals surface area contributed by atoms with E-state index in [0.717, 1.165) is 5.39 Å². The molecule has 0 radical (unpaired) electrons. The maximum Gasteiger partial charge on any atom is 0.336 e. The van der Waals surface area contributed by atoms with Crippen LogP contribution in [0.15, 0.2) is 86.3 Å². The van der Waals surface area contributed by atoms with Gasteiger partial charge in [0.05, 0.1) is 31.3 Å². The number of para-hydroxylation sites is 1. The summed E-state index contributed by atoms with van der Waals surface area (Å²) >= 11 is 0. The van der Waals surface area contributed by atoms with E-state index in [-0.39, 0.29) is 13.2 Å². The minimum atomic E-state index is -0.762. The predicted molar refractivity (Wildman–Crippen MR) is 135 cm³/mol. The lowest BCUT2D eigenvalue weighted by molar-refractivity contribution is -0.137. The maximum absolute atomic E-state index is 12.8. The van der Waals surface area contributed by atoms with Crippen molar-refractivity contribution in [3.63, 3.8) is 0 Å². The topological polar surface area (TPSA) is 113 Å². The summed E-state index contributed by atoms with van der Waals surface area (Å²) in [4.78, 5) is 37.1. The first-order valence-corrected chi connectivity index (χ1v) is 11.6. The van der Waals surface area contributed by atoms with Gasteiger partial charge in [0, 0.05) is 34.5 Å². The Morgan fingerprint density at radius 3 is 2.16 bits per heavy atom. The molecule has 37 heavy (non-hydrogen) atoms. The Bertz CT molecular complexity index is 1430. The number of nitrogens with one attached hydrogen (secondary N) is 1.